The zero-order chi connectivity index (χ0) is 20.9. The normalized spacial score (nSPS) is 11.7. The molecule has 0 radical (unpaired) electrons. The van der Waals surface area contributed by atoms with E-state index in [4.69, 9.17) is 9.88 Å². The standard InChI is InChI=1S/C20H18N4O3S2/c1-2-27-17-7-3-14(4-8-17)19-13-28-20(24-19)15(11-21)12-23-16-5-9-18(10-6-16)29(22,25)26/h3-10,12-13,23H,2H2,1H3,(H2,22,25,26)/b15-12-. The summed E-state index contributed by atoms with van der Waals surface area (Å²) in [6.07, 6.45) is 1.53. The molecule has 0 fully saturated rings. The number of primary sulfonamides is 1. The fourth-order valence-electron chi connectivity index (χ4n) is 2.46. The fraction of sp³-hybridized carbons (Fsp3) is 0.100. The number of nitrogens with two attached hydrogens (primary N) is 1. The third kappa shape index (κ3) is 5.20. The highest BCUT2D eigenvalue weighted by atomic mass is 32.2. The van der Waals surface area contributed by atoms with E-state index in [0.717, 1.165) is 17.0 Å². The Morgan fingerprint density at radius 1 is 1.24 bits per heavy atom. The highest BCUT2D eigenvalue weighted by molar-refractivity contribution is 7.89. The van der Waals surface area contributed by atoms with Crippen LogP contribution >= 0.6 is 11.3 Å². The van der Waals surface area contributed by atoms with E-state index in [0.29, 0.717) is 22.9 Å². The predicted molar refractivity (Wildman–Crippen MR) is 114 cm³/mol. The van der Waals surface area contributed by atoms with E-state index >= 15 is 0 Å². The number of nitriles is 1. The molecule has 148 valence electrons. The van der Waals surface area contributed by atoms with Crippen LogP contribution in [-0.4, -0.2) is 20.0 Å². The van der Waals surface area contributed by atoms with Crippen LogP contribution in [0.5, 0.6) is 5.75 Å². The fourth-order valence-corrected chi connectivity index (χ4v) is 3.77. The van der Waals surface area contributed by atoms with Crippen LogP contribution < -0.4 is 15.2 Å². The van der Waals surface area contributed by atoms with Crippen molar-refractivity contribution in [2.45, 2.75) is 11.8 Å². The Labute approximate surface area is 173 Å². The Kier molecular flexibility index (Phi) is 6.29. The number of hydrogen-bond acceptors (Lipinski definition) is 7. The number of hydrogen-bond donors (Lipinski definition) is 2. The molecule has 0 amide bonds. The maximum Gasteiger partial charge on any atom is 0.238 e. The Morgan fingerprint density at radius 2 is 1.93 bits per heavy atom. The Hall–Kier alpha value is -3.19. The molecule has 2 aromatic carbocycles. The van der Waals surface area contributed by atoms with Gasteiger partial charge in [0.05, 0.1) is 17.2 Å². The van der Waals surface area contributed by atoms with Gasteiger partial charge in [-0.15, -0.1) is 11.3 Å². The van der Waals surface area contributed by atoms with Crippen molar-refractivity contribution in [1.29, 1.82) is 5.26 Å². The second-order valence-electron chi connectivity index (χ2n) is 5.88. The number of benzene rings is 2. The highest BCUT2D eigenvalue weighted by Gasteiger charge is 2.10. The molecule has 9 heteroatoms. The SMILES string of the molecule is CCOc1ccc(-c2csc(/C(C#N)=C\Nc3ccc(S(N)(=O)=O)cc3)n2)cc1. The minimum Gasteiger partial charge on any atom is -0.494 e. The third-order valence-corrected chi connectivity index (χ3v) is 5.69. The van der Waals surface area contributed by atoms with E-state index < -0.39 is 10.0 Å². The summed E-state index contributed by atoms with van der Waals surface area (Å²) in [5.41, 5.74) is 2.68. The van der Waals surface area contributed by atoms with Gasteiger partial charge < -0.3 is 10.1 Å². The zero-order valence-corrected chi connectivity index (χ0v) is 17.1. The minimum atomic E-state index is -3.74. The molecule has 7 nitrogen and oxygen atoms in total. The first-order valence-electron chi connectivity index (χ1n) is 8.59. The molecular formula is C20H18N4O3S2. The van der Waals surface area contributed by atoms with Gasteiger partial charge in [0.15, 0.2) is 0 Å². The number of aromatic nitrogens is 1. The molecule has 0 aliphatic rings. The number of nitrogens with zero attached hydrogens (tertiary/aromatic N) is 2. The smallest absolute Gasteiger partial charge is 0.238 e. The first-order chi connectivity index (χ1) is 13.9. The van der Waals surface area contributed by atoms with Crippen molar-refractivity contribution >= 4 is 32.6 Å². The van der Waals surface area contributed by atoms with Gasteiger partial charge in [-0.05, 0) is 55.5 Å². The quantitative estimate of drug-likeness (QED) is 0.554. The van der Waals surface area contributed by atoms with Crippen LogP contribution in [0.15, 0.2) is 65.0 Å². The molecule has 3 N–H and O–H groups in total. The second-order valence-corrected chi connectivity index (χ2v) is 8.30. The van der Waals surface area contributed by atoms with Gasteiger partial charge in [0, 0.05) is 22.8 Å². The lowest BCUT2D eigenvalue weighted by atomic mass is 10.2. The van der Waals surface area contributed by atoms with E-state index in [1.807, 2.05) is 36.6 Å². The molecule has 3 rings (SSSR count). The van der Waals surface area contributed by atoms with Gasteiger partial charge in [-0.3, -0.25) is 0 Å². The molecule has 0 bridgehead atoms. The molecule has 29 heavy (non-hydrogen) atoms. The minimum absolute atomic E-state index is 0.0208. The topological polar surface area (TPSA) is 118 Å². The van der Waals surface area contributed by atoms with Crippen molar-refractivity contribution in [3.63, 3.8) is 0 Å². The lowest BCUT2D eigenvalue weighted by molar-refractivity contribution is 0.340. The number of rotatable bonds is 7. The monoisotopic (exact) mass is 426 g/mol. The van der Waals surface area contributed by atoms with Crippen LogP contribution in [0.3, 0.4) is 0 Å². The van der Waals surface area contributed by atoms with Crippen molar-refractivity contribution in [2.24, 2.45) is 5.14 Å². The third-order valence-electron chi connectivity index (χ3n) is 3.88. The van der Waals surface area contributed by atoms with Crippen LogP contribution in [0.2, 0.25) is 0 Å². The largest absolute Gasteiger partial charge is 0.494 e. The summed E-state index contributed by atoms with van der Waals surface area (Å²) < 4.78 is 28.0. The van der Waals surface area contributed by atoms with Crippen LogP contribution in [0.4, 0.5) is 5.69 Å². The molecule has 0 aliphatic heterocycles. The number of ether oxygens (including phenoxy) is 1. The molecule has 1 aromatic heterocycles. The number of allylic oxidation sites excluding steroid dienone is 1. The average molecular weight is 427 g/mol. The molecule has 0 aliphatic carbocycles. The molecule has 3 aromatic rings. The Bertz CT molecular complexity index is 1160. The van der Waals surface area contributed by atoms with Gasteiger partial charge in [-0.1, -0.05) is 0 Å². The summed E-state index contributed by atoms with van der Waals surface area (Å²) >= 11 is 1.36. The first-order valence-corrected chi connectivity index (χ1v) is 11.0. The van der Waals surface area contributed by atoms with E-state index in [9.17, 15) is 13.7 Å². The number of thiazole rings is 1. The number of nitrogens with one attached hydrogen (secondary N) is 1. The predicted octanol–water partition coefficient (Wildman–Crippen LogP) is 3.83. The summed E-state index contributed by atoms with van der Waals surface area (Å²) in [6, 6.07) is 15.7. The van der Waals surface area contributed by atoms with Gasteiger partial charge in [0.2, 0.25) is 10.0 Å². The summed E-state index contributed by atoms with van der Waals surface area (Å²) in [5, 5.41) is 20.0. The molecular weight excluding hydrogens is 408 g/mol. The Morgan fingerprint density at radius 3 is 2.52 bits per heavy atom. The van der Waals surface area contributed by atoms with Gasteiger partial charge in [-0.25, -0.2) is 18.5 Å². The van der Waals surface area contributed by atoms with Crippen molar-refractivity contribution in [2.75, 3.05) is 11.9 Å². The van der Waals surface area contributed by atoms with E-state index in [2.05, 4.69) is 16.4 Å². The summed E-state index contributed by atoms with van der Waals surface area (Å²) in [5.74, 6) is 0.793. The lowest BCUT2D eigenvalue weighted by Crippen LogP contribution is -2.11. The van der Waals surface area contributed by atoms with Crippen molar-refractivity contribution in [3.8, 4) is 23.1 Å². The molecule has 1 heterocycles. The van der Waals surface area contributed by atoms with Crippen LogP contribution in [0, 0.1) is 11.3 Å². The first kappa shape index (κ1) is 20.5. The van der Waals surface area contributed by atoms with Crippen LogP contribution in [0.25, 0.3) is 16.8 Å². The number of sulfonamides is 1. The van der Waals surface area contributed by atoms with Gasteiger partial charge in [0.1, 0.15) is 22.4 Å². The lowest BCUT2D eigenvalue weighted by Gasteiger charge is -2.03. The number of anilines is 1. The summed E-state index contributed by atoms with van der Waals surface area (Å²) in [4.78, 5) is 4.56. The van der Waals surface area contributed by atoms with Crippen molar-refractivity contribution in [1.82, 2.24) is 4.98 Å². The highest BCUT2D eigenvalue weighted by Crippen LogP contribution is 2.27. The van der Waals surface area contributed by atoms with Crippen molar-refractivity contribution in [3.05, 3.63) is 65.1 Å². The maximum absolute atomic E-state index is 11.3. The average Bonchev–Trinajstić information content (AvgIpc) is 3.19. The molecule has 0 saturated heterocycles. The van der Waals surface area contributed by atoms with E-state index in [1.54, 1.807) is 12.1 Å². The van der Waals surface area contributed by atoms with Crippen LogP contribution in [-0.2, 0) is 10.0 Å². The maximum atomic E-state index is 11.3. The van der Waals surface area contributed by atoms with Crippen molar-refractivity contribution < 1.29 is 13.2 Å². The molecule has 0 saturated carbocycles. The molecule has 0 unspecified atom stereocenters. The van der Waals surface area contributed by atoms with E-state index in [-0.39, 0.29) is 4.90 Å². The van der Waals surface area contributed by atoms with E-state index in [1.165, 1.54) is 29.7 Å². The van der Waals surface area contributed by atoms with Gasteiger partial charge in [-0.2, -0.15) is 5.26 Å². The summed E-state index contributed by atoms with van der Waals surface area (Å²) in [7, 11) is -3.74. The molecule has 0 spiro atoms. The van der Waals surface area contributed by atoms with Gasteiger partial charge >= 0.3 is 0 Å². The zero-order valence-electron chi connectivity index (χ0n) is 15.5. The second kappa shape index (κ2) is 8.87. The molecule has 0 atom stereocenters. The Balaban J connectivity index is 1.76. The van der Waals surface area contributed by atoms with Gasteiger partial charge in [0.25, 0.3) is 0 Å². The summed E-state index contributed by atoms with van der Waals surface area (Å²) in [6.45, 7) is 2.53. The van der Waals surface area contributed by atoms with Crippen LogP contribution in [0.1, 0.15) is 11.9 Å².